The molecule has 2 aromatic rings. The molecule has 0 aromatic heterocycles. The van der Waals surface area contributed by atoms with Gasteiger partial charge in [0.05, 0.1) is 17.7 Å². The lowest BCUT2D eigenvalue weighted by Crippen LogP contribution is -2.12. The molecule has 2 rings (SSSR count). The molecule has 1 N–H and O–H groups in total. The lowest BCUT2D eigenvalue weighted by molar-refractivity contribution is 0.102. The Balaban J connectivity index is 2.01. The first kappa shape index (κ1) is 19.3. The Kier molecular flexibility index (Phi) is 7.31. The van der Waals surface area contributed by atoms with Gasteiger partial charge in [-0.1, -0.05) is 19.9 Å². The minimum absolute atomic E-state index is 0.178. The zero-order valence-electron chi connectivity index (χ0n) is 14.8. The molecule has 0 fully saturated rings. The number of hydrogen-bond acceptors (Lipinski definition) is 3. The van der Waals surface area contributed by atoms with Crippen LogP contribution in [0, 0.1) is 5.92 Å². The van der Waals surface area contributed by atoms with Crippen LogP contribution in [0.15, 0.2) is 46.9 Å². The summed E-state index contributed by atoms with van der Waals surface area (Å²) < 4.78 is 12.0. The molecule has 1 amide bonds. The van der Waals surface area contributed by atoms with Crippen LogP contribution in [0.3, 0.4) is 0 Å². The Bertz CT molecular complexity index is 716. The van der Waals surface area contributed by atoms with Crippen LogP contribution >= 0.6 is 15.9 Å². The topological polar surface area (TPSA) is 47.6 Å². The first-order valence-electron chi connectivity index (χ1n) is 8.46. The molecule has 134 valence electrons. The SMILES string of the molecule is CCOc1ccc(C(=O)Nc2cccc(OCCC(C)C)c2)cc1Br. The summed E-state index contributed by atoms with van der Waals surface area (Å²) in [6.45, 7) is 7.49. The van der Waals surface area contributed by atoms with Gasteiger partial charge in [-0.15, -0.1) is 0 Å². The van der Waals surface area contributed by atoms with Crippen LogP contribution in [0.1, 0.15) is 37.6 Å². The van der Waals surface area contributed by atoms with Crippen LogP contribution < -0.4 is 14.8 Å². The third-order valence-electron chi connectivity index (χ3n) is 3.55. The van der Waals surface area contributed by atoms with E-state index in [0.29, 0.717) is 30.4 Å². The van der Waals surface area contributed by atoms with Crippen molar-refractivity contribution in [1.82, 2.24) is 0 Å². The molecular weight excluding hydrogens is 382 g/mol. The molecule has 0 aliphatic heterocycles. The number of ether oxygens (including phenoxy) is 2. The van der Waals surface area contributed by atoms with Crippen molar-refractivity contribution in [3.63, 3.8) is 0 Å². The fourth-order valence-corrected chi connectivity index (χ4v) is 2.69. The maximum Gasteiger partial charge on any atom is 0.255 e. The van der Waals surface area contributed by atoms with Gasteiger partial charge >= 0.3 is 0 Å². The van der Waals surface area contributed by atoms with Gasteiger partial charge in [0, 0.05) is 17.3 Å². The van der Waals surface area contributed by atoms with Gasteiger partial charge in [-0.2, -0.15) is 0 Å². The van der Waals surface area contributed by atoms with E-state index in [0.717, 1.165) is 22.4 Å². The number of anilines is 1. The van der Waals surface area contributed by atoms with E-state index in [-0.39, 0.29) is 5.91 Å². The monoisotopic (exact) mass is 405 g/mol. The first-order valence-corrected chi connectivity index (χ1v) is 9.25. The number of carbonyl (C=O) groups excluding carboxylic acids is 1. The normalized spacial score (nSPS) is 10.6. The van der Waals surface area contributed by atoms with Crippen molar-refractivity contribution >= 4 is 27.5 Å². The zero-order chi connectivity index (χ0) is 18.2. The number of benzene rings is 2. The first-order chi connectivity index (χ1) is 12.0. The van der Waals surface area contributed by atoms with Crippen LogP contribution in [-0.4, -0.2) is 19.1 Å². The Morgan fingerprint density at radius 3 is 2.64 bits per heavy atom. The summed E-state index contributed by atoms with van der Waals surface area (Å²) in [5.41, 5.74) is 1.26. The second kappa shape index (κ2) is 9.47. The molecule has 0 saturated carbocycles. The minimum Gasteiger partial charge on any atom is -0.494 e. The lowest BCUT2D eigenvalue weighted by Gasteiger charge is -2.11. The van der Waals surface area contributed by atoms with E-state index < -0.39 is 0 Å². The zero-order valence-corrected chi connectivity index (χ0v) is 16.4. The maximum absolute atomic E-state index is 12.4. The van der Waals surface area contributed by atoms with Crippen molar-refractivity contribution in [3.8, 4) is 11.5 Å². The van der Waals surface area contributed by atoms with E-state index in [9.17, 15) is 4.79 Å². The highest BCUT2D eigenvalue weighted by molar-refractivity contribution is 9.10. The highest BCUT2D eigenvalue weighted by Gasteiger charge is 2.10. The number of nitrogens with one attached hydrogen (secondary N) is 1. The van der Waals surface area contributed by atoms with Crippen LogP contribution in [0.2, 0.25) is 0 Å². The van der Waals surface area contributed by atoms with Gasteiger partial charge in [0.1, 0.15) is 11.5 Å². The Hall–Kier alpha value is -2.01. The van der Waals surface area contributed by atoms with Gasteiger partial charge in [0.25, 0.3) is 5.91 Å². The number of rotatable bonds is 8. The maximum atomic E-state index is 12.4. The second-order valence-electron chi connectivity index (χ2n) is 6.09. The number of halogens is 1. The van der Waals surface area contributed by atoms with Crippen molar-refractivity contribution in [2.75, 3.05) is 18.5 Å². The quantitative estimate of drug-likeness (QED) is 0.628. The molecule has 0 saturated heterocycles. The standard InChI is InChI=1S/C20H24BrNO3/c1-4-24-19-9-8-15(12-18(19)21)20(23)22-16-6-5-7-17(13-16)25-11-10-14(2)3/h5-9,12-14H,4,10-11H2,1-3H3,(H,22,23). The second-order valence-corrected chi connectivity index (χ2v) is 6.95. The minimum atomic E-state index is -0.178. The molecule has 0 aliphatic rings. The lowest BCUT2D eigenvalue weighted by atomic mass is 10.1. The largest absolute Gasteiger partial charge is 0.494 e. The van der Waals surface area contributed by atoms with Crippen LogP contribution in [0.4, 0.5) is 5.69 Å². The molecule has 4 nitrogen and oxygen atoms in total. The fourth-order valence-electron chi connectivity index (χ4n) is 2.19. The summed E-state index contributed by atoms with van der Waals surface area (Å²) in [6, 6.07) is 12.7. The van der Waals surface area contributed by atoms with Crippen molar-refractivity contribution in [1.29, 1.82) is 0 Å². The summed E-state index contributed by atoms with van der Waals surface area (Å²) in [7, 11) is 0. The predicted octanol–water partition coefficient (Wildman–Crippen LogP) is 5.53. The van der Waals surface area contributed by atoms with Crippen molar-refractivity contribution in [2.24, 2.45) is 5.92 Å². The average molecular weight is 406 g/mol. The summed E-state index contributed by atoms with van der Waals surface area (Å²) in [4.78, 5) is 12.4. The highest BCUT2D eigenvalue weighted by Crippen LogP contribution is 2.26. The molecule has 5 heteroatoms. The number of carbonyl (C=O) groups is 1. The summed E-state index contributed by atoms with van der Waals surface area (Å²) in [5, 5.41) is 2.90. The Morgan fingerprint density at radius 1 is 1.16 bits per heavy atom. The Morgan fingerprint density at radius 2 is 1.96 bits per heavy atom. The molecule has 0 spiro atoms. The molecular formula is C20H24BrNO3. The molecule has 0 aliphatic carbocycles. The molecule has 0 heterocycles. The fraction of sp³-hybridized carbons (Fsp3) is 0.350. The van der Waals surface area contributed by atoms with Crippen molar-refractivity contribution < 1.29 is 14.3 Å². The highest BCUT2D eigenvalue weighted by atomic mass is 79.9. The van der Waals surface area contributed by atoms with Gasteiger partial charge in [-0.05, 0) is 65.5 Å². The molecule has 0 unspecified atom stereocenters. The van der Waals surface area contributed by atoms with E-state index >= 15 is 0 Å². The molecule has 2 aromatic carbocycles. The van der Waals surface area contributed by atoms with Crippen LogP contribution in [0.25, 0.3) is 0 Å². The van der Waals surface area contributed by atoms with Gasteiger partial charge in [0.2, 0.25) is 0 Å². The van der Waals surface area contributed by atoms with Gasteiger partial charge < -0.3 is 14.8 Å². The van der Waals surface area contributed by atoms with E-state index in [1.807, 2.05) is 31.2 Å². The van der Waals surface area contributed by atoms with E-state index in [1.54, 1.807) is 18.2 Å². The average Bonchev–Trinajstić information content (AvgIpc) is 2.57. The Labute approximate surface area is 157 Å². The summed E-state index contributed by atoms with van der Waals surface area (Å²) in [5.74, 6) is 1.90. The molecule has 0 atom stereocenters. The van der Waals surface area contributed by atoms with Gasteiger partial charge in [-0.3, -0.25) is 4.79 Å². The van der Waals surface area contributed by atoms with Gasteiger partial charge in [0.15, 0.2) is 0 Å². The van der Waals surface area contributed by atoms with Crippen LogP contribution in [0.5, 0.6) is 11.5 Å². The van der Waals surface area contributed by atoms with Crippen LogP contribution in [-0.2, 0) is 0 Å². The van der Waals surface area contributed by atoms with E-state index in [4.69, 9.17) is 9.47 Å². The molecule has 0 radical (unpaired) electrons. The third-order valence-corrected chi connectivity index (χ3v) is 4.17. The summed E-state index contributed by atoms with van der Waals surface area (Å²) >= 11 is 3.43. The molecule has 25 heavy (non-hydrogen) atoms. The van der Waals surface area contributed by atoms with Crippen molar-refractivity contribution in [3.05, 3.63) is 52.5 Å². The van der Waals surface area contributed by atoms with E-state index in [1.165, 1.54) is 0 Å². The third kappa shape index (κ3) is 6.09. The number of hydrogen-bond donors (Lipinski definition) is 1. The van der Waals surface area contributed by atoms with E-state index in [2.05, 4.69) is 35.1 Å². The number of amides is 1. The summed E-state index contributed by atoms with van der Waals surface area (Å²) in [6.07, 6.45) is 0.997. The van der Waals surface area contributed by atoms with Crippen molar-refractivity contribution in [2.45, 2.75) is 27.2 Å². The van der Waals surface area contributed by atoms with Gasteiger partial charge in [-0.25, -0.2) is 0 Å². The smallest absolute Gasteiger partial charge is 0.255 e. The molecule has 0 bridgehead atoms. The predicted molar refractivity (Wildman–Crippen MR) is 105 cm³/mol.